The predicted molar refractivity (Wildman–Crippen MR) is 108 cm³/mol. The van der Waals surface area contributed by atoms with E-state index in [2.05, 4.69) is 37.7 Å². The van der Waals surface area contributed by atoms with Gasteiger partial charge in [0, 0.05) is 12.0 Å². The average Bonchev–Trinajstić information content (AvgIpc) is 2.55. The number of unbranched alkanes of at least 4 members (excludes halogenated alkanes) is 7. The lowest BCUT2D eigenvalue weighted by Gasteiger charge is -2.30. The van der Waals surface area contributed by atoms with Crippen LogP contribution in [0.4, 0.5) is 0 Å². The molecule has 0 aliphatic carbocycles. The lowest BCUT2D eigenvalue weighted by Crippen LogP contribution is -2.31. The third-order valence-electron chi connectivity index (χ3n) is 4.86. The molecule has 0 aliphatic heterocycles. The van der Waals surface area contributed by atoms with Crippen molar-refractivity contribution in [2.24, 2.45) is 0 Å². The van der Waals surface area contributed by atoms with Crippen LogP contribution in [0, 0.1) is 12.3 Å². The predicted octanol–water partition coefficient (Wildman–Crippen LogP) is 6.60. The van der Waals surface area contributed by atoms with Gasteiger partial charge in [-0.15, -0.1) is 12.3 Å². The highest BCUT2D eigenvalue weighted by Crippen LogP contribution is 2.33. The quantitative estimate of drug-likeness (QED) is 0.181. The van der Waals surface area contributed by atoms with Crippen LogP contribution in [0.25, 0.3) is 0 Å². The number of hydrogen-bond donors (Lipinski definition) is 0. The van der Waals surface area contributed by atoms with Crippen LogP contribution >= 0.6 is 0 Å². The number of terminal acetylenes is 1. The zero-order chi connectivity index (χ0) is 17.8. The summed E-state index contributed by atoms with van der Waals surface area (Å²) < 4.78 is 0. The number of rotatable bonds is 12. The Bertz CT molecular complexity index is 522. The maximum absolute atomic E-state index is 11.4. The molecule has 0 N–H and O–H groups in total. The van der Waals surface area contributed by atoms with Crippen molar-refractivity contribution in [1.82, 2.24) is 0 Å². The summed E-state index contributed by atoms with van der Waals surface area (Å²) in [5.74, 6) is 2.71. The fourth-order valence-corrected chi connectivity index (χ4v) is 5.72. The Morgan fingerprint density at radius 2 is 1.58 bits per heavy atom. The molecular formula is C22H34OSi. The number of benzene rings is 1. The van der Waals surface area contributed by atoms with Gasteiger partial charge in [-0.1, -0.05) is 82.4 Å². The van der Waals surface area contributed by atoms with Crippen molar-refractivity contribution in [1.29, 1.82) is 0 Å². The summed E-state index contributed by atoms with van der Waals surface area (Å²) >= 11 is 0. The van der Waals surface area contributed by atoms with E-state index < -0.39 is 8.07 Å². The van der Waals surface area contributed by atoms with Crippen molar-refractivity contribution in [2.75, 3.05) is 0 Å². The number of aldehydes is 1. The van der Waals surface area contributed by atoms with Crippen LogP contribution in [0.3, 0.4) is 0 Å². The molecule has 0 saturated carbocycles. The van der Waals surface area contributed by atoms with Gasteiger partial charge in [0.15, 0.2) is 0 Å². The van der Waals surface area contributed by atoms with Gasteiger partial charge in [0.2, 0.25) is 0 Å². The number of hydrogen-bond acceptors (Lipinski definition) is 1. The summed E-state index contributed by atoms with van der Waals surface area (Å²) in [5, 5.41) is 0. The molecule has 0 saturated heterocycles. The Labute approximate surface area is 150 Å². The van der Waals surface area contributed by atoms with E-state index in [0.717, 1.165) is 18.3 Å². The van der Waals surface area contributed by atoms with E-state index in [1.165, 1.54) is 56.9 Å². The summed E-state index contributed by atoms with van der Waals surface area (Å²) in [4.78, 5) is 11.4. The molecule has 0 aliphatic rings. The van der Waals surface area contributed by atoms with Crippen LogP contribution in [-0.4, -0.2) is 14.4 Å². The van der Waals surface area contributed by atoms with Crippen molar-refractivity contribution < 1.29 is 4.79 Å². The van der Waals surface area contributed by atoms with Gasteiger partial charge < -0.3 is 0 Å². The smallest absolute Gasteiger partial charge is 0.150 e. The standard InChI is InChI=1S/C22H34OSi/c1-5-6-7-8-9-10-11-12-13-18-22(24(2,3)4)21-17-15-14-16-20(21)19-23/h1,14-17,19,22H,6-13,18H2,2-4H3. The van der Waals surface area contributed by atoms with E-state index in [-0.39, 0.29) is 0 Å². The minimum absolute atomic E-state index is 0.578. The van der Waals surface area contributed by atoms with Gasteiger partial charge in [-0.2, -0.15) is 0 Å². The summed E-state index contributed by atoms with van der Waals surface area (Å²) in [6, 6.07) is 8.17. The molecule has 0 aromatic heterocycles. The molecule has 1 rings (SSSR count). The summed E-state index contributed by atoms with van der Waals surface area (Å²) in [6.45, 7) is 7.26. The Balaban J connectivity index is 2.43. The number of carbonyl (C=O) groups is 1. The van der Waals surface area contributed by atoms with E-state index in [0.29, 0.717) is 5.54 Å². The zero-order valence-electron chi connectivity index (χ0n) is 15.8. The van der Waals surface area contributed by atoms with E-state index in [9.17, 15) is 4.79 Å². The summed E-state index contributed by atoms with van der Waals surface area (Å²) in [7, 11) is -1.34. The Hall–Kier alpha value is -1.33. The fraction of sp³-hybridized carbons (Fsp3) is 0.591. The second-order valence-corrected chi connectivity index (χ2v) is 13.3. The molecule has 132 valence electrons. The van der Waals surface area contributed by atoms with E-state index in [4.69, 9.17) is 6.42 Å². The molecule has 24 heavy (non-hydrogen) atoms. The molecule has 1 atom stereocenters. The number of carbonyl (C=O) groups excluding carboxylic acids is 1. The first-order chi connectivity index (χ1) is 11.5. The molecule has 1 nitrogen and oxygen atoms in total. The topological polar surface area (TPSA) is 17.1 Å². The maximum atomic E-state index is 11.4. The average molecular weight is 343 g/mol. The Morgan fingerprint density at radius 3 is 2.17 bits per heavy atom. The second kappa shape index (κ2) is 11.3. The molecule has 0 radical (unpaired) electrons. The molecule has 0 amide bonds. The lowest BCUT2D eigenvalue weighted by atomic mass is 10.00. The highest BCUT2D eigenvalue weighted by Gasteiger charge is 2.29. The van der Waals surface area contributed by atoms with E-state index in [1.807, 2.05) is 12.1 Å². The second-order valence-electron chi connectivity index (χ2n) is 7.88. The van der Waals surface area contributed by atoms with Crippen LogP contribution in [-0.2, 0) is 0 Å². The van der Waals surface area contributed by atoms with Gasteiger partial charge in [0.05, 0.1) is 8.07 Å². The minimum atomic E-state index is -1.34. The van der Waals surface area contributed by atoms with Crippen molar-refractivity contribution in [3.05, 3.63) is 35.4 Å². The first-order valence-electron chi connectivity index (χ1n) is 9.48. The molecule has 0 bridgehead atoms. The fourth-order valence-electron chi connectivity index (χ4n) is 3.45. The maximum Gasteiger partial charge on any atom is 0.150 e. The minimum Gasteiger partial charge on any atom is -0.298 e. The monoisotopic (exact) mass is 342 g/mol. The highest BCUT2D eigenvalue weighted by atomic mass is 28.3. The SMILES string of the molecule is C#CCCCCCCCCCC(c1ccccc1C=O)[Si](C)(C)C. The van der Waals surface area contributed by atoms with Crippen molar-refractivity contribution in [3.63, 3.8) is 0 Å². The van der Waals surface area contributed by atoms with Gasteiger partial charge in [-0.25, -0.2) is 0 Å². The normalized spacial score (nSPS) is 12.6. The first-order valence-corrected chi connectivity index (χ1v) is 13.1. The molecule has 0 heterocycles. The van der Waals surface area contributed by atoms with Gasteiger partial charge >= 0.3 is 0 Å². The van der Waals surface area contributed by atoms with Crippen molar-refractivity contribution in [3.8, 4) is 12.3 Å². The molecule has 2 heteroatoms. The van der Waals surface area contributed by atoms with Crippen molar-refractivity contribution in [2.45, 2.75) is 83.0 Å². The summed E-state index contributed by atoms with van der Waals surface area (Å²) in [6.07, 6.45) is 17.4. The molecular weight excluding hydrogens is 308 g/mol. The van der Waals surface area contributed by atoms with Crippen molar-refractivity contribution >= 4 is 14.4 Å². The van der Waals surface area contributed by atoms with Gasteiger partial charge in [-0.05, 0) is 23.9 Å². The third-order valence-corrected chi connectivity index (χ3v) is 7.55. The van der Waals surface area contributed by atoms with Gasteiger partial charge in [0.25, 0.3) is 0 Å². The highest BCUT2D eigenvalue weighted by molar-refractivity contribution is 6.77. The molecule has 0 spiro atoms. The molecule has 1 unspecified atom stereocenters. The Morgan fingerprint density at radius 1 is 1.00 bits per heavy atom. The molecule has 1 aromatic carbocycles. The lowest BCUT2D eigenvalue weighted by molar-refractivity contribution is 0.112. The third kappa shape index (κ3) is 7.49. The Kier molecular flexibility index (Phi) is 9.72. The van der Waals surface area contributed by atoms with Gasteiger partial charge in [0.1, 0.15) is 6.29 Å². The molecule has 1 aromatic rings. The zero-order valence-corrected chi connectivity index (χ0v) is 16.8. The molecule has 0 fully saturated rings. The largest absolute Gasteiger partial charge is 0.298 e. The van der Waals surface area contributed by atoms with Gasteiger partial charge in [-0.3, -0.25) is 4.79 Å². The van der Waals surface area contributed by atoms with Crippen LogP contribution in [0.15, 0.2) is 24.3 Å². The van der Waals surface area contributed by atoms with Crippen LogP contribution in [0.5, 0.6) is 0 Å². The van der Waals surface area contributed by atoms with E-state index in [1.54, 1.807) is 0 Å². The summed E-state index contributed by atoms with van der Waals surface area (Å²) in [5.41, 5.74) is 2.74. The van der Waals surface area contributed by atoms with Crippen LogP contribution in [0.2, 0.25) is 19.6 Å². The van der Waals surface area contributed by atoms with Crippen LogP contribution < -0.4 is 0 Å². The van der Waals surface area contributed by atoms with E-state index >= 15 is 0 Å². The first kappa shape index (κ1) is 20.7. The van der Waals surface area contributed by atoms with Crippen LogP contribution in [0.1, 0.15) is 79.3 Å².